The van der Waals surface area contributed by atoms with Gasteiger partial charge >= 0.3 is 0 Å². The van der Waals surface area contributed by atoms with E-state index in [0.29, 0.717) is 6.04 Å². The first-order chi connectivity index (χ1) is 7.22. The first-order valence-electron chi connectivity index (χ1n) is 5.95. The Morgan fingerprint density at radius 2 is 2.07 bits per heavy atom. The van der Waals surface area contributed by atoms with Crippen molar-refractivity contribution in [3.8, 4) is 6.07 Å². The SMILES string of the molecule is CC(C)NC(C#N)CSCC1CCCC1. The molecule has 1 fully saturated rings. The van der Waals surface area contributed by atoms with Crippen molar-refractivity contribution in [1.82, 2.24) is 5.32 Å². The lowest BCUT2D eigenvalue weighted by Gasteiger charge is -2.15. The zero-order valence-corrected chi connectivity index (χ0v) is 10.6. The predicted octanol–water partition coefficient (Wildman–Crippen LogP) is 2.80. The molecule has 86 valence electrons. The van der Waals surface area contributed by atoms with Crippen LogP contribution in [0.25, 0.3) is 0 Å². The molecule has 0 radical (unpaired) electrons. The van der Waals surface area contributed by atoms with Crippen molar-refractivity contribution in [3.63, 3.8) is 0 Å². The minimum atomic E-state index is 0.0244. The maximum Gasteiger partial charge on any atom is 0.105 e. The number of rotatable bonds is 6. The highest BCUT2D eigenvalue weighted by molar-refractivity contribution is 7.99. The maximum absolute atomic E-state index is 8.94. The minimum Gasteiger partial charge on any atom is -0.299 e. The third kappa shape index (κ3) is 5.44. The van der Waals surface area contributed by atoms with E-state index in [9.17, 15) is 0 Å². The molecule has 1 saturated carbocycles. The van der Waals surface area contributed by atoms with Crippen molar-refractivity contribution >= 4 is 11.8 Å². The van der Waals surface area contributed by atoms with Crippen LogP contribution in [0.4, 0.5) is 0 Å². The second kappa shape index (κ2) is 7.14. The van der Waals surface area contributed by atoms with Crippen molar-refractivity contribution in [1.29, 1.82) is 5.26 Å². The zero-order chi connectivity index (χ0) is 11.1. The first-order valence-corrected chi connectivity index (χ1v) is 7.11. The summed E-state index contributed by atoms with van der Waals surface area (Å²) in [6.45, 7) is 4.18. The van der Waals surface area contributed by atoms with Crippen molar-refractivity contribution in [2.75, 3.05) is 11.5 Å². The monoisotopic (exact) mass is 226 g/mol. The van der Waals surface area contributed by atoms with E-state index < -0.39 is 0 Å². The third-order valence-electron chi connectivity index (χ3n) is 2.80. The van der Waals surface area contributed by atoms with Gasteiger partial charge < -0.3 is 0 Å². The molecule has 0 spiro atoms. The summed E-state index contributed by atoms with van der Waals surface area (Å²) in [6, 6.07) is 2.76. The molecule has 1 atom stereocenters. The quantitative estimate of drug-likeness (QED) is 0.756. The van der Waals surface area contributed by atoms with Gasteiger partial charge in [0.1, 0.15) is 6.04 Å². The van der Waals surface area contributed by atoms with E-state index in [1.807, 2.05) is 11.8 Å². The molecule has 0 bridgehead atoms. The molecule has 0 aromatic rings. The second-order valence-electron chi connectivity index (χ2n) is 4.69. The molecule has 1 aliphatic carbocycles. The Balaban J connectivity index is 2.08. The van der Waals surface area contributed by atoms with Crippen molar-refractivity contribution in [3.05, 3.63) is 0 Å². The van der Waals surface area contributed by atoms with Crippen molar-refractivity contribution < 1.29 is 0 Å². The van der Waals surface area contributed by atoms with Crippen LogP contribution in [0, 0.1) is 17.2 Å². The molecule has 0 aliphatic heterocycles. The fourth-order valence-electron chi connectivity index (χ4n) is 2.05. The average Bonchev–Trinajstić information content (AvgIpc) is 2.68. The van der Waals surface area contributed by atoms with Crippen LogP contribution in [0.1, 0.15) is 39.5 Å². The molecule has 1 unspecified atom stereocenters. The summed E-state index contributed by atoms with van der Waals surface area (Å²) in [5.41, 5.74) is 0. The summed E-state index contributed by atoms with van der Waals surface area (Å²) >= 11 is 1.94. The number of nitrogens with one attached hydrogen (secondary N) is 1. The van der Waals surface area contributed by atoms with E-state index in [1.165, 1.54) is 31.4 Å². The zero-order valence-electron chi connectivity index (χ0n) is 9.83. The van der Waals surface area contributed by atoms with Gasteiger partial charge in [0, 0.05) is 11.8 Å². The normalized spacial score (nSPS) is 19.3. The molecule has 1 N–H and O–H groups in total. The molecule has 3 heteroatoms. The molecule has 2 nitrogen and oxygen atoms in total. The third-order valence-corrected chi connectivity index (χ3v) is 4.08. The lowest BCUT2D eigenvalue weighted by molar-refractivity contribution is 0.559. The van der Waals surface area contributed by atoms with Gasteiger partial charge in [-0.3, -0.25) is 5.32 Å². The smallest absolute Gasteiger partial charge is 0.105 e. The highest BCUT2D eigenvalue weighted by Gasteiger charge is 2.16. The van der Waals surface area contributed by atoms with E-state index in [4.69, 9.17) is 5.26 Å². The highest BCUT2D eigenvalue weighted by Crippen LogP contribution is 2.27. The second-order valence-corrected chi connectivity index (χ2v) is 5.77. The molecule has 0 saturated heterocycles. The van der Waals surface area contributed by atoms with Crippen LogP contribution in [-0.4, -0.2) is 23.6 Å². The summed E-state index contributed by atoms with van der Waals surface area (Å²) in [4.78, 5) is 0. The molecular weight excluding hydrogens is 204 g/mol. The Kier molecular flexibility index (Phi) is 6.12. The van der Waals surface area contributed by atoms with E-state index in [1.54, 1.807) is 0 Å². The van der Waals surface area contributed by atoms with Gasteiger partial charge in [-0.15, -0.1) is 0 Å². The van der Waals surface area contributed by atoms with Crippen LogP contribution < -0.4 is 5.32 Å². The first kappa shape index (κ1) is 12.9. The lowest BCUT2D eigenvalue weighted by Crippen LogP contribution is -2.35. The van der Waals surface area contributed by atoms with Gasteiger partial charge in [0.05, 0.1) is 6.07 Å². The summed E-state index contributed by atoms with van der Waals surface area (Å²) in [6.07, 6.45) is 5.64. The van der Waals surface area contributed by atoms with Crippen LogP contribution in [0.2, 0.25) is 0 Å². The predicted molar refractivity (Wildman–Crippen MR) is 67.0 cm³/mol. The van der Waals surface area contributed by atoms with Gasteiger partial charge in [0.2, 0.25) is 0 Å². The summed E-state index contributed by atoms with van der Waals surface area (Å²) in [5, 5.41) is 12.2. The summed E-state index contributed by atoms with van der Waals surface area (Å²) in [7, 11) is 0. The molecule has 15 heavy (non-hydrogen) atoms. The lowest BCUT2D eigenvalue weighted by atomic mass is 10.1. The van der Waals surface area contributed by atoms with E-state index in [2.05, 4.69) is 25.2 Å². The average molecular weight is 226 g/mol. The number of nitriles is 1. The van der Waals surface area contributed by atoms with Crippen molar-refractivity contribution in [2.24, 2.45) is 5.92 Å². The molecule has 1 rings (SSSR count). The van der Waals surface area contributed by atoms with Gasteiger partial charge in [-0.25, -0.2) is 0 Å². The Morgan fingerprint density at radius 1 is 1.40 bits per heavy atom. The van der Waals surface area contributed by atoms with Gasteiger partial charge in [-0.2, -0.15) is 17.0 Å². The topological polar surface area (TPSA) is 35.8 Å². The van der Waals surface area contributed by atoms with Gasteiger partial charge in [-0.05, 0) is 38.4 Å². The molecule has 0 heterocycles. The molecular formula is C12H22N2S. The number of hydrogen-bond donors (Lipinski definition) is 1. The van der Waals surface area contributed by atoms with Crippen LogP contribution in [-0.2, 0) is 0 Å². The van der Waals surface area contributed by atoms with Crippen LogP contribution in [0.15, 0.2) is 0 Å². The standard InChI is InChI=1S/C12H22N2S/c1-10(2)14-12(7-13)9-15-8-11-5-3-4-6-11/h10-12,14H,3-6,8-9H2,1-2H3. The Bertz CT molecular complexity index is 204. The molecule has 1 aliphatic rings. The van der Waals surface area contributed by atoms with Gasteiger partial charge in [-0.1, -0.05) is 12.8 Å². The van der Waals surface area contributed by atoms with Gasteiger partial charge in [0.25, 0.3) is 0 Å². The maximum atomic E-state index is 8.94. The van der Waals surface area contributed by atoms with E-state index in [0.717, 1.165) is 11.7 Å². The molecule has 0 aromatic heterocycles. The largest absolute Gasteiger partial charge is 0.299 e. The minimum absolute atomic E-state index is 0.0244. The molecule has 0 aromatic carbocycles. The fourth-order valence-corrected chi connectivity index (χ4v) is 3.26. The van der Waals surface area contributed by atoms with Crippen LogP contribution in [0.5, 0.6) is 0 Å². The fraction of sp³-hybridized carbons (Fsp3) is 0.917. The highest BCUT2D eigenvalue weighted by atomic mass is 32.2. The Labute approximate surface area is 97.8 Å². The van der Waals surface area contributed by atoms with Crippen LogP contribution in [0.3, 0.4) is 0 Å². The number of hydrogen-bond acceptors (Lipinski definition) is 3. The Hall–Kier alpha value is -0.200. The molecule has 0 amide bonds. The number of thioether (sulfide) groups is 1. The van der Waals surface area contributed by atoms with Crippen molar-refractivity contribution in [2.45, 2.75) is 51.6 Å². The Morgan fingerprint density at radius 3 is 2.60 bits per heavy atom. The van der Waals surface area contributed by atoms with E-state index >= 15 is 0 Å². The number of nitrogens with zero attached hydrogens (tertiary/aromatic N) is 1. The summed E-state index contributed by atoms with van der Waals surface area (Å²) in [5.74, 6) is 3.11. The summed E-state index contributed by atoms with van der Waals surface area (Å²) < 4.78 is 0. The van der Waals surface area contributed by atoms with Crippen LogP contribution >= 0.6 is 11.8 Å². The van der Waals surface area contributed by atoms with Gasteiger partial charge in [0.15, 0.2) is 0 Å². The van der Waals surface area contributed by atoms with E-state index in [-0.39, 0.29) is 6.04 Å².